The average Bonchev–Trinajstić information content (AvgIpc) is 3.00. The number of aromatic nitrogens is 2. The van der Waals surface area contributed by atoms with E-state index in [0.717, 1.165) is 0 Å². The molecular formula is C12H22N4O4S. The lowest BCUT2D eigenvalue weighted by molar-refractivity contribution is 0.140. The molecule has 8 nitrogen and oxygen atoms in total. The van der Waals surface area contributed by atoms with Gasteiger partial charge in [0.2, 0.25) is 10.0 Å². The number of sulfonamides is 1. The number of rotatable bonds is 7. The Hall–Kier alpha value is -1.16. The molecule has 0 bridgehead atoms. The normalized spacial score (nSPS) is 22.9. The van der Waals surface area contributed by atoms with E-state index in [0.29, 0.717) is 31.9 Å². The minimum Gasteiger partial charge on any atom is -0.483 e. The van der Waals surface area contributed by atoms with Gasteiger partial charge in [0.25, 0.3) is 0 Å². The van der Waals surface area contributed by atoms with Crippen LogP contribution in [-0.4, -0.2) is 67.7 Å². The highest BCUT2D eigenvalue weighted by Crippen LogP contribution is 2.15. The van der Waals surface area contributed by atoms with Gasteiger partial charge in [0.1, 0.15) is 6.10 Å². The molecule has 0 aromatic carbocycles. The van der Waals surface area contributed by atoms with Gasteiger partial charge in [0, 0.05) is 20.6 Å². The first kappa shape index (κ1) is 16.2. The van der Waals surface area contributed by atoms with E-state index in [4.69, 9.17) is 15.2 Å². The highest BCUT2D eigenvalue weighted by molar-refractivity contribution is 7.89. The van der Waals surface area contributed by atoms with Crippen LogP contribution in [0, 0.1) is 0 Å². The lowest BCUT2D eigenvalue weighted by atomic mass is 10.2. The molecule has 1 aliphatic rings. The molecule has 0 amide bonds. The molecule has 0 saturated carbocycles. The standard InChI is InChI=1S/C12H22N4O4S/c1-15(2)21(17,18)5-3-4-16-7-10(6-14-16)20-12-9-19-8-11(12)13/h6-7,11-12H,3-5,8-9,13H2,1-2H3/t11-,12+/m0/s1. The quantitative estimate of drug-likeness (QED) is 0.711. The van der Waals surface area contributed by atoms with Crippen molar-refractivity contribution in [1.29, 1.82) is 0 Å². The zero-order valence-electron chi connectivity index (χ0n) is 12.3. The van der Waals surface area contributed by atoms with E-state index in [-0.39, 0.29) is 17.9 Å². The molecule has 0 radical (unpaired) electrons. The van der Waals surface area contributed by atoms with Gasteiger partial charge in [0.15, 0.2) is 5.75 Å². The molecule has 120 valence electrons. The number of hydrogen-bond donors (Lipinski definition) is 1. The van der Waals surface area contributed by atoms with E-state index >= 15 is 0 Å². The van der Waals surface area contributed by atoms with Crippen molar-refractivity contribution in [3.05, 3.63) is 12.4 Å². The molecule has 2 rings (SSSR count). The third-order valence-corrected chi connectivity index (χ3v) is 5.23. The summed E-state index contributed by atoms with van der Waals surface area (Å²) in [5.41, 5.74) is 5.84. The van der Waals surface area contributed by atoms with Crippen LogP contribution in [0.15, 0.2) is 12.4 Å². The van der Waals surface area contributed by atoms with E-state index in [9.17, 15) is 8.42 Å². The van der Waals surface area contributed by atoms with Gasteiger partial charge in [-0.25, -0.2) is 12.7 Å². The summed E-state index contributed by atoms with van der Waals surface area (Å²) in [6.07, 6.45) is 3.68. The molecule has 1 aromatic rings. The second-order valence-corrected chi connectivity index (χ2v) is 7.55. The molecule has 0 spiro atoms. The van der Waals surface area contributed by atoms with E-state index in [1.165, 1.54) is 18.4 Å². The molecule has 0 unspecified atom stereocenters. The highest BCUT2D eigenvalue weighted by Gasteiger charge is 2.26. The van der Waals surface area contributed by atoms with Gasteiger partial charge in [-0.1, -0.05) is 0 Å². The summed E-state index contributed by atoms with van der Waals surface area (Å²) < 4.78 is 37.1. The Kier molecular flexibility index (Phi) is 5.20. The van der Waals surface area contributed by atoms with Crippen molar-refractivity contribution < 1.29 is 17.9 Å². The Morgan fingerprint density at radius 2 is 2.29 bits per heavy atom. The monoisotopic (exact) mass is 318 g/mol. The van der Waals surface area contributed by atoms with Crippen molar-refractivity contribution in [2.45, 2.75) is 25.1 Å². The van der Waals surface area contributed by atoms with E-state index in [1.54, 1.807) is 17.1 Å². The van der Waals surface area contributed by atoms with Crippen LogP contribution in [0.25, 0.3) is 0 Å². The third-order valence-electron chi connectivity index (χ3n) is 3.31. The topological polar surface area (TPSA) is 99.7 Å². The lowest BCUT2D eigenvalue weighted by Crippen LogP contribution is -2.37. The fraction of sp³-hybridized carbons (Fsp3) is 0.750. The molecule has 1 fully saturated rings. The zero-order valence-corrected chi connectivity index (χ0v) is 13.1. The van der Waals surface area contributed by atoms with Crippen LogP contribution in [0.4, 0.5) is 0 Å². The Balaban J connectivity index is 1.81. The van der Waals surface area contributed by atoms with Crippen molar-refractivity contribution in [1.82, 2.24) is 14.1 Å². The smallest absolute Gasteiger partial charge is 0.213 e. The SMILES string of the molecule is CN(C)S(=O)(=O)CCCn1cc(O[C@@H]2COC[C@@H]2N)cn1. The minimum absolute atomic E-state index is 0.0946. The first-order valence-electron chi connectivity index (χ1n) is 6.81. The Morgan fingerprint density at radius 1 is 1.52 bits per heavy atom. The molecule has 1 saturated heterocycles. The highest BCUT2D eigenvalue weighted by atomic mass is 32.2. The maximum atomic E-state index is 11.6. The number of aryl methyl sites for hydroxylation is 1. The summed E-state index contributed by atoms with van der Waals surface area (Å²) in [6.45, 7) is 1.50. The first-order chi connectivity index (χ1) is 9.88. The van der Waals surface area contributed by atoms with Gasteiger partial charge in [0.05, 0.1) is 37.4 Å². The van der Waals surface area contributed by atoms with Crippen molar-refractivity contribution in [2.75, 3.05) is 33.1 Å². The molecule has 2 heterocycles. The minimum atomic E-state index is -3.16. The molecule has 21 heavy (non-hydrogen) atoms. The van der Waals surface area contributed by atoms with Crippen LogP contribution in [0.2, 0.25) is 0 Å². The molecule has 2 atom stereocenters. The fourth-order valence-electron chi connectivity index (χ4n) is 1.97. The van der Waals surface area contributed by atoms with E-state index in [2.05, 4.69) is 5.10 Å². The Labute approximate surface area is 124 Å². The van der Waals surface area contributed by atoms with Crippen LogP contribution in [0.3, 0.4) is 0 Å². The van der Waals surface area contributed by atoms with Crippen LogP contribution < -0.4 is 10.5 Å². The van der Waals surface area contributed by atoms with E-state index < -0.39 is 10.0 Å². The number of hydrogen-bond acceptors (Lipinski definition) is 6. The molecule has 0 aliphatic carbocycles. The van der Waals surface area contributed by atoms with Crippen molar-refractivity contribution in [3.8, 4) is 5.75 Å². The zero-order chi connectivity index (χ0) is 15.5. The molecule has 2 N–H and O–H groups in total. The average molecular weight is 318 g/mol. The predicted octanol–water partition coefficient (Wildman–Crippen LogP) is -0.730. The molecule has 1 aromatic heterocycles. The van der Waals surface area contributed by atoms with Gasteiger partial charge in [-0.2, -0.15) is 5.10 Å². The van der Waals surface area contributed by atoms with Crippen LogP contribution in [-0.2, 0) is 21.3 Å². The largest absolute Gasteiger partial charge is 0.483 e. The molecule has 9 heteroatoms. The maximum Gasteiger partial charge on any atom is 0.213 e. The molecular weight excluding hydrogens is 296 g/mol. The summed E-state index contributed by atoms with van der Waals surface area (Å²) >= 11 is 0. The Bertz CT molecular complexity index is 557. The Morgan fingerprint density at radius 3 is 2.90 bits per heavy atom. The predicted molar refractivity (Wildman–Crippen MR) is 77.5 cm³/mol. The van der Waals surface area contributed by atoms with Crippen molar-refractivity contribution in [3.63, 3.8) is 0 Å². The van der Waals surface area contributed by atoms with Gasteiger partial charge < -0.3 is 15.2 Å². The summed E-state index contributed by atoms with van der Waals surface area (Å²) in [7, 11) is -0.0998. The maximum absolute atomic E-state index is 11.6. The summed E-state index contributed by atoms with van der Waals surface area (Å²) in [4.78, 5) is 0. The lowest BCUT2D eigenvalue weighted by Gasteiger charge is -2.13. The van der Waals surface area contributed by atoms with Gasteiger partial charge in [-0.15, -0.1) is 0 Å². The second kappa shape index (κ2) is 6.73. The van der Waals surface area contributed by atoms with Crippen molar-refractivity contribution >= 4 is 10.0 Å². The second-order valence-electron chi connectivity index (χ2n) is 5.25. The number of ether oxygens (including phenoxy) is 2. The van der Waals surface area contributed by atoms with E-state index in [1.807, 2.05) is 0 Å². The summed E-state index contributed by atoms with van der Waals surface area (Å²) in [5.74, 6) is 0.716. The molecule has 1 aliphatic heterocycles. The van der Waals surface area contributed by atoms with Gasteiger partial charge in [-0.05, 0) is 6.42 Å². The number of nitrogens with zero attached hydrogens (tertiary/aromatic N) is 3. The summed E-state index contributed by atoms with van der Waals surface area (Å²) in [5, 5.41) is 4.15. The van der Waals surface area contributed by atoms with Crippen molar-refractivity contribution in [2.24, 2.45) is 5.73 Å². The fourth-order valence-corrected chi connectivity index (χ4v) is 2.83. The number of nitrogens with two attached hydrogens (primary N) is 1. The van der Waals surface area contributed by atoms with Gasteiger partial charge in [-0.3, -0.25) is 4.68 Å². The third kappa shape index (κ3) is 4.40. The van der Waals surface area contributed by atoms with Crippen LogP contribution >= 0.6 is 0 Å². The van der Waals surface area contributed by atoms with Gasteiger partial charge >= 0.3 is 0 Å². The van der Waals surface area contributed by atoms with Crippen LogP contribution in [0.5, 0.6) is 5.75 Å². The first-order valence-corrected chi connectivity index (χ1v) is 8.42. The van der Waals surface area contributed by atoms with Crippen LogP contribution in [0.1, 0.15) is 6.42 Å². The summed E-state index contributed by atoms with van der Waals surface area (Å²) in [6, 6.07) is -0.126.